The fourth-order valence-corrected chi connectivity index (χ4v) is 6.51. The van der Waals surface area contributed by atoms with Gasteiger partial charge in [-0.2, -0.15) is 0 Å². The number of imidazole rings is 1. The minimum atomic E-state index is -1.10. The lowest BCUT2D eigenvalue weighted by atomic mass is 10.0. The number of aromatic amines is 2. The third-order valence-electron chi connectivity index (χ3n) is 9.55. The maximum absolute atomic E-state index is 14.2. The van der Waals surface area contributed by atoms with E-state index in [0.29, 0.717) is 37.2 Å². The predicted octanol–water partition coefficient (Wildman–Crippen LogP) is 2.64. The molecule has 2 aromatic heterocycles. The third kappa shape index (κ3) is 13.3. The van der Waals surface area contributed by atoms with Gasteiger partial charge < -0.3 is 42.3 Å². The van der Waals surface area contributed by atoms with Crippen molar-refractivity contribution in [1.82, 2.24) is 47.1 Å². The zero-order chi connectivity index (χ0) is 41.3. The number of rotatable bonds is 21. The number of aryl methyl sites for hydroxylation is 1. The van der Waals surface area contributed by atoms with Crippen molar-refractivity contribution in [3.63, 3.8) is 0 Å². The molecule has 0 bridgehead atoms. The molecule has 0 fully saturated rings. The summed E-state index contributed by atoms with van der Waals surface area (Å²) in [5, 5.41) is 15.2. The van der Waals surface area contributed by atoms with E-state index in [1.807, 2.05) is 92.0 Å². The highest BCUT2D eigenvalue weighted by molar-refractivity contribution is 5.94. The highest BCUT2D eigenvalue weighted by Gasteiger charge is 2.30. The number of carbonyl (C=O) groups is 5. The summed E-state index contributed by atoms with van der Waals surface area (Å²) in [6, 6.07) is 20.5. The minimum Gasteiger partial charge on any atom is -0.361 e. The van der Waals surface area contributed by atoms with Crippen LogP contribution < -0.4 is 43.2 Å². The van der Waals surface area contributed by atoms with Crippen LogP contribution in [0.2, 0.25) is 0 Å². The molecule has 16 heteroatoms. The Bertz CT molecular complexity index is 2090. The molecular weight excluding hydrogens is 739 g/mol. The molecule has 0 spiro atoms. The largest absolute Gasteiger partial charge is 0.361 e. The van der Waals surface area contributed by atoms with E-state index in [9.17, 15) is 24.0 Å². The van der Waals surface area contributed by atoms with E-state index in [4.69, 9.17) is 5.73 Å². The molecule has 0 radical (unpaired) electrons. The molecule has 0 aliphatic rings. The van der Waals surface area contributed by atoms with Crippen LogP contribution in [0, 0.1) is 6.92 Å². The number of hydrazine groups is 1. The number of nitrogens with one attached hydrogen (secondary N) is 9. The maximum Gasteiger partial charge on any atom is 0.333 e. The number of hydrogen-bond acceptors (Lipinski definition) is 8. The van der Waals surface area contributed by atoms with Crippen LogP contribution in [0.4, 0.5) is 10.5 Å². The number of fused-ring (bicyclic) bond motifs is 1. The Morgan fingerprint density at radius 2 is 1.43 bits per heavy atom. The second-order valence-electron chi connectivity index (χ2n) is 14.2. The normalized spacial score (nSPS) is 13.1. The van der Waals surface area contributed by atoms with E-state index in [2.05, 4.69) is 52.4 Å². The molecule has 5 aromatic rings. The van der Waals surface area contributed by atoms with Gasteiger partial charge in [-0.3, -0.25) is 24.6 Å². The molecule has 0 aliphatic carbocycles. The fourth-order valence-electron chi connectivity index (χ4n) is 6.51. The lowest BCUT2D eigenvalue weighted by molar-refractivity contribution is -0.133. The van der Waals surface area contributed by atoms with E-state index in [-0.39, 0.29) is 25.8 Å². The van der Waals surface area contributed by atoms with Crippen LogP contribution >= 0.6 is 0 Å². The monoisotopic (exact) mass is 791 g/mol. The maximum atomic E-state index is 14.2. The van der Waals surface area contributed by atoms with E-state index in [1.54, 1.807) is 6.20 Å². The summed E-state index contributed by atoms with van der Waals surface area (Å²) in [4.78, 5) is 76.6. The smallest absolute Gasteiger partial charge is 0.333 e. The van der Waals surface area contributed by atoms with Gasteiger partial charge in [-0.25, -0.2) is 15.2 Å². The number of amides is 6. The topological polar surface area (TPSA) is 240 Å². The average molecular weight is 792 g/mol. The van der Waals surface area contributed by atoms with Gasteiger partial charge in [0.2, 0.25) is 23.6 Å². The van der Waals surface area contributed by atoms with Gasteiger partial charge in [0.1, 0.15) is 18.1 Å². The molecule has 0 aliphatic heterocycles. The predicted molar refractivity (Wildman–Crippen MR) is 222 cm³/mol. The van der Waals surface area contributed by atoms with Gasteiger partial charge in [0, 0.05) is 73.6 Å². The molecule has 5 rings (SSSR count). The van der Waals surface area contributed by atoms with Crippen LogP contribution in [0.1, 0.15) is 48.6 Å². The molecule has 0 unspecified atom stereocenters. The number of H-pyrrole nitrogens is 2. The number of urea groups is 1. The first-order valence-electron chi connectivity index (χ1n) is 19.4. The molecule has 306 valence electrons. The number of unbranched alkanes of at least 4 members (excludes halogenated alkanes) is 1. The van der Waals surface area contributed by atoms with Crippen molar-refractivity contribution in [2.75, 3.05) is 18.4 Å². The van der Waals surface area contributed by atoms with Crippen molar-refractivity contribution in [3.05, 3.63) is 120 Å². The Balaban J connectivity index is 1.27. The Labute approximate surface area is 337 Å². The molecular formula is C42H53N11O5. The van der Waals surface area contributed by atoms with Crippen LogP contribution in [0.25, 0.3) is 10.9 Å². The molecule has 3 aromatic carbocycles. The van der Waals surface area contributed by atoms with Crippen LogP contribution in [0.15, 0.2) is 97.6 Å². The fraction of sp³-hybridized carbons (Fsp3) is 0.333. The van der Waals surface area contributed by atoms with E-state index in [0.717, 1.165) is 27.6 Å². The molecule has 2 heterocycles. The Kier molecular flexibility index (Phi) is 15.9. The van der Waals surface area contributed by atoms with Crippen molar-refractivity contribution in [2.45, 2.75) is 76.5 Å². The molecule has 6 amide bonds. The molecule has 58 heavy (non-hydrogen) atoms. The second kappa shape index (κ2) is 21.7. The Morgan fingerprint density at radius 3 is 2.14 bits per heavy atom. The van der Waals surface area contributed by atoms with Gasteiger partial charge in [-0.1, -0.05) is 66.2 Å². The SMILES string of the molecule is CC(=O)N[C@@H](Cc1cnc[nH]1)C(=O)N[C@H](Cc1ccccc1)C(=O)N[C@@H](CCCCNNC(=O)Nc1ccc(C)cc1)C(=O)N[C@H](CN)Cc1c[nH]c2ccccc12. The van der Waals surface area contributed by atoms with Gasteiger partial charge in [0.05, 0.1) is 6.33 Å². The number of hydrogen-bond donors (Lipinski definition) is 10. The molecule has 16 nitrogen and oxygen atoms in total. The zero-order valence-electron chi connectivity index (χ0n) is 32.8. The molecule has 4 atom stereocenters. The molecule has 0 saturated heterocycles. The number of carbonyl (C=O) groups excluding carboxylic acids is 5. The first-order valence-corrected chi connectivity index (χ1v) is 19.4. The lowest BCUT2D eigenvalue weighted by Crippen LogP contribution is -2.58. The summed E-state index contributed by atoms with van der Waals surface area (Å²) in [5.41, 5.74) is 16.8. The van der Waals surface area contributed by atoms with Gasteiger partial charge in [0.15, 0.2) is 0 Å². The van der Waals surface area contributed by atoms with E-state index >= 15 is 0 Å². The number of aromatic nitrogens is 3. The quantitative estimate of drug-likeness (QED) is 0.0391. The van der Waals surface area contributed by atoms with E-state index in [1.165, 1.54) is 13.3 Å². The standard InChI is InChI=1S/C42H53N11O5/c1-27-15-17-31(18-16-27)50-42(58)53-47-19-9-8-14-36(39(55)49-32(23-43)21-30-24-45-35-13-7-6-12-34(30)35)51-40(56)37(20-29-10-4-3-5-11-29)52-41(57)38(48-28(2)54)22-33-25-44-26-46-33/h3-7,10-13,15-18,24-26,32,36-38,45,47H,8-9,14,19-23,43H2,1-2H3,(H,44,46)(H,48,54)(H,49,55)(H,51,56)(H,52,57)(H2,50,53,58)/t32-,36-,37+,38-/m0/s1. The average Bonchev–Trinajstić information content (AvgIpc) is 3.89. The van der Waals surface area contributed by atoms with Gasteiger partial charge in [-0.15, -0.1) is 0 Å². The molecule has 0 saturated carbocycles. The summed E-state index contributed by atoms with van der Waals surface area (Å²) in [6.45, 7) is 3.82. The van der Waals surface area contributed by atoms with Gasteiger partial charge in [0.25, 0.3) is 0 Å². The van der Waals surface area contributed by atoms with Crippen molar-refractivity contribution in [3.8, 4) is 0 Å². The number of nitrogens with two attached hydrogens (primary N) is 1. The first-order chi connectivity index (χ1) is 28.1. The van der Waals surface area contributed by atoms with Crippen LogP contribution in [-0.2, 0) is 38.4 Å². The van der Waals surface area contributed by atoms with Crippen molar-refractivity contribution >= 4 is 46.3 Å². The van der Waals surface area contributed by atoms with Crippen LogP contribution in [-0.4, -0.2) is 81.9 Å². The zero-order valence-corrected chi connectivity index (χ0v) is 32.8. The van der Waals surface area contributed by atoms with E-state index < -0.39 is 53.8 Å². The highest BCUT2D eigenvalue weighted by atomic mass is 16.2. The molecule has 11 N–H and O–H groups in total. The van der Waals surface area contributed by atoms with Gasteiger partial charge in [-0.05, 0) is 61.9 Å². The number of para-hydroxylation sites is 1. The summed E-state index contributed by atoms with van der Waals surface area (Å²) in [6.07, 6.45) is 6.92. The van der Waals surface area contributed by atoms with Gasteiger partial charge >= 0.3 is 6.03 Å². The second-order valence-corrected chi connectivity index (χ2v) is 14.2. The highest BCUT2D eigenvalue weighted by Crippen LogP contribution is 2.19. The first kappa shape index (κ1) is 42.6. The summed E-state index contributed by atoms with van der Waals surface area (Å²) in [7, 11) is 0. The third-order valence-corrected chi connectivity index (χ3v) is 9.55. The number of anilines is 1. The number of benzene rings is 3. The Morgan fingerprint density at radius 1 is 0.741 bits per heavy atom. The van der Waals surface area contributed by atoms with Crippen LogP contribution in [0.5, 0.6) is 0 Å². The van der Waals surface area contributed by atoms with Crippen LogP contribution in [0.3, 0.4) is 0 Å². The lowest BCUT2D eigenvalue weighted by Gasteiger charge is -2.26. The van der Waals surface area contributed by atoms with Crippen molar-refractivity contribution in [1.29, 1.82) is 0 Å². The Hall–Kier alpha value is -6.52. The van der Waals surface area contributed by atoms with Crippen molar-refractivity contribution in [2.24, 2.45) is 5.73 Å². The summed E-state index contributed by atoms with van der Waals surface area (Å²) < 4.78 is 0. The summed E-state index contributed by atoms with van der Waals surface area (Å²) in [5.74, 6) is -1.99. The van der Waals surface area contributed by atoms with Crippen molar-refractivity contribution < 1.29 is 24.0 Å². The minimum absolute atomic E-state index is 0.115. The summed E-state index contributed by atoms with van der Waals surface area (Å²) >= 11 is 0. The number of nitrogens with zero attached hydrogens (tertiary/aromatic N) is 1.